The summed E-state index contributed by atoms with van der Waals surface area (Å²) in [7, 11) is 0. The number of benzene rings is 1. The van der Waals surface area contributed by atoms with E-state index in [1.54, 1.807) is 41.8 Å². The van der Waals surface area contributed by atoms with Crippen LogP contribution in [0.1, 0.15) is 35.1 Å². The molecule has 0 saturated heterocycles. The number of rotatable bonds is 6. The second-order valence-electron chi connectivity index (χ2n) is 5.05. The second-order valence-corrected chi connectivity index (χ2v) is 5.97. The molecule has 0 unspecified atom stereocenters. The first kappa shape index (κ1) is 17.0. The van der Waals surface area contributed by atoms with Crippen LogP contribution in [0, 0.1) is 0 Å². The van der Waals surface area contributed by atoms with Crippen molar-refractivity contribution in [3.8, 4) is 0 Å². The standard InChI is InChI=1S/C16H20N4O2S/c1-3-17-14(21)12-5-4-6-13(9-12)20-16(22)19-10-11(2)15-18-7-8-23-15/h4-9,11H,3,10H2,1-2H3,(H,17,21)(H2,19,20,22)/t11-/m1/s1. The fourth-order valence-corrected chi connectivity index (χ4v) is 2.69. The van der Waals surface area contributed by atoms with Gasteiger partial charge in [-0.1, -0.05) is 13.0 Å². The third kappa shape index (κ3) is 5.07. The highest BCUT2D eigenvalue weighted by atomic mass is 32.1. The number of hydrogen-bond acceptors (Lipinski definition) is 4. The van der Waals surface area contributed by atoms with Crippen LogP contribution in [0.15, 0.2) is 35.8 Å². The molecule has 23 heavy (non-hydrogen) atoms. The lowest BCUT2D eigenvalue weighted by Gasteiger charge is -2.12. The monoisotopic (exact) mass is 332 g/mol. The summed E-state index contributed by atoms with van der Waals surface area (Å²) >= 11 is 1.57. The van der Waals surface area contributed by atoms with Gasteiger partial charge in [0.15, 0.2) is 0 Å². The zero-order valence-corrected chi connectivity index (χ0v) is 13.9. The number of nitrogens with zero attached hydrogens (tertiary/aromatic N) is 1. The Morgan fingerprint density at radius 2 is 2.13 bits per heavy atom. The third-order valence-electron chi connectivity index (χ3n) is 3.16. The molecule has 1 aromatic heterocycles. The van der Waals surface area contributed by atoms with E-state index in [0.29, 0.717) is 24.3 Å². The number of aromatic nitrogens is 1. The molecule has 1 atom stereocenters. The average molecular weight is 332 g/mol. The van der Waals surface area contributed by atoms with Gasteiger partial charge in [0, 0.05) is 41.8 Å². The van der Waals surface area contributed by atoms with E-state index in [1.807, 2.05) is 19.2 Å². The molecule has 2 aromatic rings. The van der Waals surface area contributed by atoms with Gasteiger partial charge in [0.05, 0.1) is 5.01 Å². The maximum absolute atomic E-state index is 12.0. The minimum atomic E-state index is -0.304. The molecule has 3 N–H and O–H groups in total. The smallest absolute Gasteiger partial charge is 0.319 e. The van der Waals surface area contributed by atoms with Gasteiger partial charge in [-0.3, -0.25) is 4.79 Å². The molecule has 0 bridgehead atoms. The number of amides is 3. The van der Waals surface area contributed by atoms with Crippen molar-refractivity contribution >= 4 is 29.0 Å². The van der Waals surface area contributed by atoms with E-state index in [0.717, 1.165) is 5.01 Å². The van der Waals surface area contributed by atoms with Gasteiger partial charge in [0.25, 0.3) is 5.91 Å². The molecule has 0 saturated carbocycles. The SMILES string of the molecule is CCNC(=O)c1cccc(NC(=O)NC[C@@H](C)c2nccs2)c1. The Morgan fingerprint density at radius 1 is 1.30 bits per heavy atom. The van der Waals surface area contributed by atoms with Gasteiger partial charge >= 0.3 is 6.03 Å². The van der Waals surface area contributed by atoms with Crippen LogP contribution in [0.25, 0.3) is 0 Å². The van der Waals surface area contributed by atoms with Crippen molar-refractivity contribution in [3.63, 3.8) is 0 Å². The first-order valence-corrected chi connectivity index (χ1v) is 8.30. The molecule has 2 rings (SSSR count). The minimum Gasteiger partial charge on any atom is -0.352 e. The lowest BCUT2D eigenvalue weighted by molar-refractivity contribution is 0.0956. The van der Waals surface area contributed by atoms with Crippen LogP contribution in [0.3, 0.4) is 0 Å². The summed E-state index contributed by atoms with van der Waals surface area (Å²) in [5.74, 6) is -0.00336. The highest BCUT2D eigenvalue weighted by Crippen LogP contribution is 2.16. The molecule has 0 fully saturated rings. The van der Waals surface area contributed by atoms with Crippen molar-refractivity contribution in [1.82, 2.24) is 15.6 Å². The van der Waals surface area contributed by atoms with Crippen LogP contribution in [0.2, 0.25) is 0 Å². The van der Waals surface area contributed by atoms with Crippen molar-refractivity contribution in [2.24, 2.45) is 0 Å². The van der Waals surface area contributed by atoms with E-state index in [2.05, 4.69) is 20.9 Å². The summed E-state index contributed by atoms with van der Waals surface area (Å²) in [6.07, 6.45) is 1.75. The molecule has 1 heterocycles. The van der Waals surface area contributed by atoms with Gasteiger partial charge in [-0.2, -0.15) is 0 Å². The quantitative estimate of drug-likeness (QED) is 0.760. The number of hydrogen-bond donors (Lipinski definition) is 3. The van der Waals surface area contributed by atoms with Crippen molar-refractivity contribution in [3.05, 3.63) is 46.4 Å². The molecular weight excluding hydrogens is 312 g/mol. The van der Waals surface area contributed by atoms with Gasteiger partial charge in [-0.05, 0) is 25.1 Å². The zero-order valence-electron chi connectivity index (χ0n) is 13.1. The van der Waals surface area contributed by atoms with E-state index in [1.165, 1.54) is 0 Å². The van der Waals surface area contributed by atoms with Crippen LogP contribution in [-0.4, -0.2) is 30.0 Å². The Balaban J connectivity index is 1.87. The highest BCUT2D eigenvalue weighted by molar-refractivity contribution is 7.09. The van der Waals surface area contributed by atoms with E-state index in [4.69, 9.17) is 0 Å². The second kappa shape index (κ2) is 8.28. The highest BCUT2D eigenvalue weighted by Gasteiger charge is 2.11. The Morgan fingerprint density at radius 3 is 2.83 bits per heavy atom. The number of carbonyl (C=O) groups excluding carboxylic acids is 2. The molecule has 1 aromatic carbocycles. The summed E-state index contributed by atoms with van der Waals surface area (Å²) in [5, 5.41) is 11.2. The first-order chi connectivity index (χ1) is 11.1. The molecule has 122 valence electrons. The first-order valence-electron chi connectivity index (χ1n) is 7.42. The zero-order chi connectivity index (χ0) is 16.7. The fourth-order valence-electron chi connectivity index (χ4n) is 1.99. The predicted octanol–water partition coefficient (Wildman–Crippen LogP) is 2.82. The van der Waals surface area contributed by atoms with Crippen molar-refractivity contribution in [2.45, 2.75) is 19.8 Å². The Kier molecular flexibility index (Phi) is 6.10. The molecule has 7 heteroatoms. The normalized spacial score (nSPS) is 11.6. The van der Waals surface area contributed by atoms with Crippen molar-refractivity contribution in [1.29, 1.82) is 0 Å². The molecule has 0 aliphatic carbocycles. The predicted molar refractivity (Wildman–Crippen MR) is 92.0 cm³/mol. The van der Waals surface area contributed by atoms with Gasteiger partial charge in [-0.15, -0.1) is 11.3 Å². The third-order valence-corrected chi connectivity index (χ3v) is 4.17. The molecule has 0 radical (unpaired) electrons. The number of nitrogens with one attached hydrogen (secondary N) is 3. The maximum Gasteiger partial charge on any atom is 0.319 e. The summed E-state index contributed by atoms with van der Waals surface area (Å²) in [6.45, 7) is 4.92. The van der Waals surface area contributed by atoms with Crippen LogP contribution < -0.4 is 16.0 Å². The van der Waals surface area contributed by atoms with E-state index in [9.17, 15) is 9.59 Å². The summed E-state index contributed by atoms with van der Waals surface area (Å²) in [6, 6.07) is 6.53. The van der Waals surface area contributed by atoms with Crippen LogP contribution in [0.5, 0.6) is 0 Å². The minimum absolute atomic E-state index is 0.155. The van der Waals surface area contributed by atoms with Crippen molar-refractivity contribution in [2.75, 3.05) is 18.4 Å². The van der Waals surface area contributed by atoms with Gasteiger partial charge < -0.3 is 16.0 Å². The molecule has 0 aliphatic rings. The van der Waals surface area contributed by atoms with E-state index < -0.39 is 0 Å². The Hall–Kier alpha value is -2.41. The Bertz CT molecular complexity index is 658. The lowest BCUT2D eigenvalue weighted by atomic mass is 10.2. The summed E-state index contributed by atoms with van der Waals surface area (Å²) in [4.78, 5) is 28.0. The molecule has 3 amide bonds. The number of urea groups is 1. The molecular formula is C16H20N4O2S. The number of thiazole rings is 1. The molecule has 6 nitrogen and oxygen atoms in total. The van der Waals surface area contributed by atoms with Crippen LogP contribution in [-0.2, 0) is 0 Å². The maximum atomic E-state index is 12.0. The van der Waals surface area contributed by atoms with E-state index in [-0.39, 0.29) is 17.9 Å². The van der Waals surface area contributed by atoms with Crippen molar-refractivity contribution < 1.29 is 9.59 Å². The summed E-state index contributed by atoms with van der Waals surface area (Å²) < 4.78 is 0. The molecule has 0 spiro atoms. The van der Waals surface area contributed by atoms with Gasteiger partial charge in [-0.25, -0.2) is 9.78 Å². The average Bonchev–Trinajstić information content (AvgIpc) is 3.07. The number of carbonyl (C=O) groups is 2. The van der Waals surface area contributed by atoms with Gasteiger partial charge in [0.2, 0.25) is 0 Å². The lowest BCUT2D eigenvalue weighted by Crippen LogP contribution is -2.31. The number of anilines is 1. The molecule has 0 aliphatic heterocycles. The fraction of sp³-hybridized carbons (Fsp3) is 0.312. The Labute approximate surface area is 139 Å². The summed E-state index contributed by atoms with van der Waals surface area (Å²) in [5.41, 5.74) is 1.09. The van der Waals surface area contributed by atoms with Gasteiger partial charge in [0.1, 0.15) is 0 Å². The van der Waals surface area contributed by atoms with Crippen LogP contribution >= 0.6 is 11.3 Å². The van der Waals surface area contributed by atoms with E-state index >= 15 is 0 Å². The largest absolute Gasteiger partial charge is 0.352 e. The topological polar surface area (TPSA) is 83.1 Å². The van der Waals surface area contributed by atoms with Crippen LogP contribution in [0.4, 0.5) is 10.5 Å².